The Kier molecular flexibility index (Phi) is 5.82. The van der Waals surface area contributed by atoms with E-state index in [-0.39, 0.29) is 0 Å². The number of nitrogens with one attached hydrogen (secondary N) is 1. The van der Waals surface area contributed by atoms with Gasteiger partial charge >= 0.3 is 0 Å². The predicted molar refractivity (Wildman–Crippen MR) is 89.9 cm³/mol. The van der Waals surface area contributed by atoms with Gasteiger partial charge in [0.05, 0.1) is 7.11 Å². The van der Waals surface area contributed by atoms with Gasteiger partial charge in [-0.15, -0.1) is 0 Å². The molecule has 0 radical (unpaired) electrons. The Morgan fingerprint density at radius 2 is 1.52 bits per heavy atom. The van der Waals surface area contributed by atoms with Crippen LogP contribution in [0, 0.1) is 0 Å². The van der Waals surface area contributed by atoms with Crippen LogP contribution in [-0.2, 0) is 6.42 Å². The van der Waals surface area contributed by atoms with Crippen LogP contribution >= 0.6 is 0 Å². The maximum atomic E-state index is 5.19. The lowest BCUT2D eigenvalue weighted by Crippen LogP contribution is -2.28. The molecule has 0 saturated heterocycles. The van der Waals surface area contributed by atoms with Crippen molar-refractivity contribution in [1.29, 1.82) is 0 Å². The molecule has 0 amide bonds. The normalized spacial score (nSPS) is 12.1. The van der Waals surface area contributed by atoms with Gasteiger partial charge in [0, 0.05) is 6.04 Å². The van der Waals surface area contributed by atoms with E-state index in [9.17, 15) is 0 Å². The third-order valence-electron chi connectivity index (χ3n) is 3.66. The minimum absolute atomic E-state index is 0.525. The average Bonchev–Trinajstić information content (AvgIpc) is 2.54. The van der Waals surface area contributed by atoms with Crippen LogP contribution in [0.4, 0.5) is 0 Å². The Labute approximate surface area is 128 Å². The SMILES string of the molecule is CCCNC(C)Cc1ccc(-c2ccc(OC)cc2)cc1. The molecule has 0 heterocycles. The van der Waals surface area contributed by atoms with Crippen molar-refractivity contribution in [1.82, 2.24) is 5.32 Å². The van der Waals surface area contributed by atoms with Crippen molar-refractivity contribution >= 4 is 0 Å². The fraction of sp³-hybridized carbons (Fsp3) is 0.368. The van der Waals surface area contributed by atoms with Crippen LogP contribution in [-0.4, -0.2) is 19.7 Å². The van der Waals surface area contributed by atoms with Crippen molar-refractivity contribution in [3.63, 3.8) is 0 Å². The van der Waals surface area contributed by atoms with Crippen molar-refractivity contribution in [2.24, 2.45) is 0 Å². The molecule has 0 aliphatic heterocycles. The number of hydrogen-bond acceptors (Lipinski definition) is 2. The molecule has 2 heteroatoms. The van der Waals surface area contributed by atoms with E-state index in [1.54, 1.807) is 7.11 Å². The predicted octanol–water partition coefficient (Wildman–Crippen LogP) is 4.29. The van der Waals surface area contributed by atoms with Crippen molar-refractivity contribution < 1.29 is 4.74 Å². The summed E-state index contributed by atoms with van der Waals surface area (Å²) >= 11 is 0. The summed E-state index contributed by atoms with van der Waals surface area (Å²) < 4.78 is 5.19. The second-order valence-corrected chi connectivity index (χ2v) is 5.48. The van der Waals surface area contributed by atoms with Gasteiger partial charge in [0.15, 0.2) is 0 Å². The quantitative estimate of drug-likeness (QED) is 0.818. The summed E-state index contributed by atoms with van der Waals surface area (Å²) in [5, 5.41) is 3.53. The van der Waals surface area contributed by atoms with Crippen molar-refractivity contribution in [2.45, 2.75) is 32.7 Å². The number of methoxy groups -OCH3 is 1. The van der Waals surface area contributed by atoms with Crippen molar-refractivity contribution in [3.8, 4) is 16.9 Å². The van der Waals surface area contributed by atoms with Crippen LogP contribution in [0.3, 0.4) is 0 Å². The van der Waals surface area contributed by atoms with E-state index >= 15 is 0 Å². The van der Waals surface area contributed by atoms with Gasteiger partial charge in [-0.1, -0.05) is 43.3 Å². The third-order valence-corrected chi connectivity index (χ3v) is 3.66. The molecule has 0 bridgehead atoms. The second kappa shape index (κ2) is 7.84. The maximum absolute atomic E-state index is 5.19. The molecule has 1 N–H and O–H groups in total. The smallest absolute Gasteiger partial charge is 0.118 e. The molecule has 0 spiro atoms. The first-order valence-electron chi connectivity index (χ1n) is 7.69. The van der Waals surface area contributed by atoms with E-state index in [2.05, 4.69) is 55.6 Å². The molecular weight excluding hydrogens is 258 g/mol. The molecule has 2 aromatic rings. The Hall–Kier alpha value is -1.80. The van der Waals surface area contributed by atoms with Crippen LogP contribution in [0.1, 0.15) is 25.8 Å². The Morgan fingerprint density at radius 3 is 2.05 bits per heavy atom. The van der Waals surface area contributed by atoms with Crippen molar-refractivity contribution in [2.75, 3.05) is 13.7 Å². The molecule has 2 aromatic carbocycles. The first-order valence-corrected chi connectivity index (χ1v) is 7.69. The molecule has 0 saturated carbocycles. The van der Waals surface area contributed by atoms with E-state index < -0.39 is 0 Å². The van der Waals surface area contributed by atoms with Gasteiger partial charge in [0.25, 0.3) is 0 Å². The molecule has 0 fully saturated rings. The summed E-state index contributed by atoms with van der Waals surface area (Å²) in [7, 11) is 1.69. The zero-order chi connectivity index (χ0) is 15.1. The topological polar surface area (TPSA) is 21.3 Å². The lowest BCUT2D eigenvalue weighted by molar-refractivity contribution is 0.415. The number of rotatable bonds is 7. The Balaban J connectivity index is 2.00. The molecule has 0 aliphatic rings. The molecule has 2 rings (SSSR count). The highest BCUT2D eigenvalue weighted by atomic mass is 16.5. The molecule has 1 unspecified atom stereocenters. The van der Waals surface area contributed by atoms with Gasteiger partial charge in [-0.2, -0.15) is 0 Å². The second-order valence-electron chi connectivity index (χ2n) is 5.48. The summed E-state index contributed by atoms with van der Waals surface area (Å²) in [6.45, 7) is 5.53. The molecule has 21 heavy (non-hydrogen) atoms. The molecule has 0 aliphatic carbocycles. The highest BCUT2D eigenvalue weighted by Gasteiger charge is 2.03. The zero-order valence-electron chi connectivity index (χ0n) is 13.2. The molecular formula is C19H25NO. The van der Waals surface area contributed by atoms with Gasteiger partial charge in [-0.3, -0.25) is 0 Å². The van der Waals surface area contributed by atoms with Gasteiger partial charge in [-0.25, -0.2) is 0 Å². The minimum Gasteiger partial charge on any atom is -0.497 e. The summed E-state index contributed by atoms with van der Waals surface area (Å²) in [4.78, 5) is 0. The van der Waals surface area contributed by atoms with E-state index in [1.807, 2.05) is 12.1 Å². The summed E-state index contributed by atoms with van der Waals surface area (Å²) in [6, 6.07) is 17.6. The third kappa shape index (κ3) is 4.61. The number of benzene rings is 2. The zero-order valence-corrected chi connectivity index (χ0v) is 13.2. The largest absolute Gasteiger partial charge is 0.497 e. The first-order chi connectivity index (χ1) is 10.2. The highest BCUT2D eigenvalue weighted by Crippen LogP contribution is 2.22. The fourth-order valence-electron chi connectivity index (χ4n) is 2.43. The minimum atomic E-state index is 0.525. The van der Waals surface area contributed by atoms with E-state index in [0.29, 0.717) is 6.04 Å². The average molecular weight is 283 g/mol. The van der Waals surface area contributed by atoms with Crippen molar-refractivity contribution in [3.05, 3.63) is 54.1 Å². The molecule has 2 nitrogen and oxygen atoms in total. The van der Waals surface area contributed by atoms with E-state index in [1.165, 1.54) is 23.1 Å². The van der Waals surface area contributed by atoms with Crippen LogP contribution in [0.15, 0.2) is 48.5 Å². The number of hydrogen-bond donors (Lipinski definition) is 1. The standard InChI is InChI=1S/C19H25NO/c1-4-13-20-15(2)14-16-5-7-17(8-6-16)18-9-11-19(21-3)12-10-18/h5-12,15,20H,4,13-14H2,1-3H3. The Morgan fingerprint density at radius 1 is 0.952 bits per heavy atom. The molecule has 0 aromatic heterocycles. The van der Waals surface area contributed by atoms with Crippen LogP contribution in [0.25, 0.3) is 11.1 Å². The van der Waals surface area contributed by atoms with E-state index in [0.717, 1.165) is 18.7 Å². The monoisotopic (exact) mass is 283 g/mol. The van der Waals surface area contributed by atoms with Crippen LogP contribution < -0.4 is 10.1 Å². The van der Waals surface area contributed by atoms with Gasteiger partial charge < -0.3 is 10.1 Å². The lowest BCUT2D eigenvalue weighted by Gasteiger charge is -2.13. The molecule has 1 atom stereocenters. The highest BCUT2D eigenvalue weighted by molar-refractivity contribution is 5.64. The fourth-order valence-corrected chi connectivity index (χ4v) is 2.43. The molecule has 112 valence electrons. The van der Waals surface area contributed by atoms with Gasteiger partial charge in [0.2, 0.25) is 0 Å². The first kappa shape index (κ1) is 15.6. The lowest BCUT2D eigenvalue weighted by atomic mass is 10.0. The van der Waals surface area contributed by atoms with Crippen LogP contribution in [0.2, 0.25) is 0 Å². The summed E-state index contributed by atoms with van der Waals surface area (Å²) in [5.41, 5.74) is 3.85. The van der Waals surface area contributed by atoms with E-state index in [4.69, 9.17) is 4.74 Å². The van der Waals surface area contributed by atoms with Gasteiger partial charge in [0.1, 0.15) is 5.75 Å². The number of ether oxygens (including phenoxy) is 1. The summed E-state index contributed by atoms with van der Waals surface area (Å²) in [5.74, 6) is 0.895. The van der Waals surface area contributed by atoms with Gasteiger partial charge in [-0.05, 0) is 55.1 Å². The summed E-state index contributed by atoms with van der Waals surface area (Å²) in [6.07, 6.45) is 2.25. The maximum Gasteiger partial charge on any atom is 0.118 e. The Bertz CT molecular complexity index is 530. The van der Waals surface area contributed by atoms with Crippen LogP contribution in [0.5, 0.6) is 5.75 Å².